The number of ether oxygens (including phenoxy) is 2. The van der Waals surface area contributed by atoms with Gasteiger partial charge in [0.1, 0.15) is 23.1 Å². The maximum Gasteiger partial charge on any atom is 0.300 e. The summed E-state index contributed by atoms with van der Waals surface area (Å²) in [6.07, 6.45) is 0. The standard InChI is InChI=1S/C25H20FNO5/c1-31-17-11-7-15(8-12-17)23(28)21-22(19-5-3-4-6-20(19)26)27(25(30)24(21)29)16-9-13-18(32-2)14-10-16/h3-14,22,28H,1-2H3/b23-21-. The number of rotatable bonds is 5. The molecule has 4 rings (SSSR count). The van der Waals surface area contributed by atoms with E-state index in [4.69, 9.17) is 9.47 Å². The molecule has 1 N–H and O–H groups in total. The van der Waals surface area contributed by atoms with E-state index in [0.29, 0.717) is 22.7 Å². The molecule has 1 saturated heterocycles. The zero-order valence-electron chi connectivity index (χ0n) is 17.4. The summed E-state index contributed by atoms with van der Waals surface area (Å²) in [5.74, 6) is -1.63. The van der Waals surface area contributed by atoms with E-state index in [1.54, 1.807) is 54.6 Å². The van der Waals surface area contributed by atoms with Crippen LogP contribution in [0, 0.1) is 5.82 Å². The number of carbonyl (C=O) groups excluding carboxylic acids is 2. The molecule has 0 spiro atoms. The monoisotopic (exact) mass is 433 g/mol. The Morgan fingerprint density at radius 3 is 2.00 bits per heavy atom. The Morgan fingerprint density at radius 2 is 1.44 bits per heavy atom. The molecular weight excluding hydrogens is 413 g/mol. The SMILES string of the molecule is COc1ccc(/C(O)=C2/C(=O)C(=O)N(c3ccc(OC)cc3)C2c2ccccc2F)cc1. The van der Waals surface area contributed by atoms with Crippen molar-refractivity contribution in [3.8, 4) is 11.5 Å². The Labute approximate surface area is 184 Å². The molecule has 0 aliphatic carbocycles. The van der Waals surface area contributed by atoms with Gasteiger partial charge in [0, 0.05) is 16.8 Å². The van der Waals surface area contributed by atoms with Crippen LogP contribution in [0.2, 0.25) is 0 Å². The Morgan fingerprint density at radius 1 is 0.875 bits per heavy atom. The Bertz CT molecular complexity index is 1200. The second-order valence-corrected chi connectivity index (χ2v) is 7.12. The highest BCUT2D eigenvalue weighted by Crippen LogP contribution is 2.43. The van der Waals surface area contributed by atoms with Crippen LogP contribution in [0.3, 0.4) is 0 Å². The van der Waals surface area contributed by atoms with E-state index < -0.39 is 29.3 Å². The van der Waals surface area contributed by atoms with Crippen molar-refractivity contribution < 1.29 is 28.6 Å². The molecule has 32 heavy (non-hydrogen) atoms. The summed E-state index contributed by atoms with van der Waals surface area (Å²) in [5, 5.41) is 11.0. The zero-order chi connectivity index (χ0) is 22.8. The van der Waals surface area contributed by atoms with Crippen LogP contribution in [0.4, 0.5) is 10.1 Å². The molecule has 1 amide bonds. The van der Waals surface area contributed by atoms with E-state index in [1.807, 2.05) is 0 Å². The predicted octanol–water partition coefficient (Wildman–Crippen LogP) is 4.47. The van der Waals surface area contributed by atoms with Crippen LogP contribution in [-0.4, -0.2) is 31.0 Å². The summed E-state index contributed by atoms with van der Waals surface area (Å²) in [5.41, 5.74) is 0.577. The third-order valence-corrected chi connectivity index (χ3v) is 5.36. The summed E-state index contributed by atoms with van der Waals surface area (Å²) in [6, 6.07) is 17.6. The Hall–Kier alpha value is -4.13. The van der Waals surface area contributed by atoms with E-state index in [0.717, 1.165) is 0 Å². The molecule has 1 heterocycles. The van der Waals surface area contributed by atoms with Crippen molar-refractivity contribution in [1.29, 1.82) is 0 Å². The van der Waals surface area contributed by atoms with Crippen LogP contribution in [0.1, 0.15) is 17.2 Å². The van der Waals surface area contributed by atoms with E-state index in [1.165, 1.54) is 37.3 Å². The van der Waals surface area contributed by atoms with Crippen LogP contribution in [0.15, 0.2) is 78.4 Å². The molecule has 0 aromatic heterocycles. The fourth-order valence-electron chi connectivity index (χ4n) is 3.74. The molecule has 0 bridgehead atoms. The summed E-state index contributed by atoms with van der Waals surface area (Å²) in [4.78, 5) is 27.3. The lowest BCUT2D eigenvalue weighted by molar-refractivity contribution is -0.132. The number of halogens is 1. The number of aliphatic hydroxyl groups is 1. The Balaban J connectivity index is 1.92. The smallest absolute Gasteiger partial charge is 0.300 e. The van der Waals surface area contributed by atoms with E-state index in [-0.39, 0.29) is 11.1 Å². The topological polar surface area (TPSA) is 76.1 Å². The average molecular weight is 433 g/mol. The van der Waals surface area contributed by atoms with Crippen molar-refractivity contribution in [2.45, 2.75) is 6.04 Å². The highest BCUT2D eigenvalue weighted by atomic mass is 19.1. The normalized spacial score (nSPS) is 17.5. The first kappa shape index (κ1) is 21.1. The van der Waals surface area contributed by atoms with Gasteiger partial charge in [0.25, 0.3) is 11.7 Å². The zero-order valence-corrected chi connectivity index (χ0v) is 17.4. The first-order chi connectivity index (χ1) is 15.5. The quantitative estimate of drug-likeness (QED) is 0.365. The van der Waals surface area contributed by atoms with Gasteiger partial charge in [-0.15, -0.1) is 0 Å². The molecular formula is C25H20FNO5. The lowest BCUT2D eigenvalue weighted by Crippen LogP contribution is -2.29. The summed E-state index contributed by atoms with van der Waals surface area (Å²) < 4.78 is 25.1. The van der Waals surface area contributed by atoms with Crippen molar-refractivity contribution in [2.24, 2.45) is 0 Å². The van der Waals surface area contributed by atoms with Gasteiger partial charge in [0.15, 0.2) is 0 Å². The largest absolute Gasteiger partial charge is 0.507 e. The van der Waals surface area contributed by atoms with Gasteiger partial charge >= 0.3 is 0 Å². The molecule has 1 atom stereocenters. The molecule has 1 aliphatic rings. The van der Waals surface area contributed by atoms with Crippen molar-refractivity contribution in [1.82, 2.24) is 0 Å². The number of Topliss-reactive ketones (excluding diaryl/α,β-unsaturated/α-hetero) is 1. The molecule has 3 aromatic carbocycles. The van der Waals surface area contributed by atoms with Crippen LogP contribution < -0.4 is 14.4 Å². The lowest BCUT2D eigenvalue weighted by Gasteiger charge is -2.25. The average Bonchev–Trinajstić information content (AvgIpc) is 3.09. The number of hydrogen-bond acceptors (Lipinski definition) is 5. The molecule has 7 heteroatoms. The lowest BCUT2D eigenvalue weighted by atomic mass is 9.94. The molecule has 6 nitrogen and oxygen atoms in total. The fourth-order valence-corrected chi connectivity index (χ4v) is 3.74. The number of methoxy groups -OCH3 is 2. The molecule has 162 valence electrons. The van der Waals surface area contributed by atoms with Crippen molar-refractivity contribution in [3.63, 3.8) is 0 Å². The number of carbonyl (C=O) groups is 2. The molecule has 0 saturated carbocycles. The second-order valence-electron chi connectivity index (χ2n) is 7.12. The summed E-state index contributed by atoms with van der Waals surface area (Å²) >= 11 is 0. The number of anilines is 1. The predicted molar refractivity (Wildman–Crippen MR) is 117 cm³/mol. The van der Waals surface area contributed by atoms with E-state index >= 15 is 0 Å². The van der Waals surface area contributed by atoms with Crippen molar-refractivity contribution in [3.05, 3.63) is 95.3 Å². The number of ketones is 1. The van der Waals surface area contributed by atoms with Gasteiger partial charge < -0.3 is 14.6 Å². The van der Waals surface area contributed by atoms with Crippen molar-refractivity contribution >= 4 is 23.1 Å². The third kappa shape index (κ3) is 3.58. The van der Waals surface area contributed by atoms with Gasteiger partial charge in [-0.25, -0.2) is 4.39 Å². The third-order valence-electron chi connectivity index (χ3n) is 5.36. The molecule has 1 fully saturated rings. The van der Waals surface area contributed by atoms with Crippen LogP contribution in [0.25, 0.3) is 5.76 Å². The number of hydrogen-bond donors (Lipinski definition) is 1. The maximum atomic E-state index is 14.9. The molecule has 1 aliphatic heterocycles. The fraction of sp³-hybridized carbons (Fsp3) is 0.120. The van der Waals surface area contributed by atoms with E-state index in [9.17, 15) is 19.1 Å². The second kappa shape index (κ2) is 8.55. The van der Waals surface area contributed by atoms with Gasteiger partial charge in [-0.1, -0.05) is 18.2 Å². The minimum absolute atomic E-state index is 0.0950. The summed E-state index contributed by atoms with van der Waals surface area (Å²) in [7, 11) is 3.02. The van der Waals surface area contributed by atoms with Crippen LogP contribution >= 0.6 is 0 Å². The minimum atomic E-state index is -1.15. The number of aliphatic hydroxyl groups excluding tert-OH is 1. The number of amides is 1. The number of benzene rings is 3. The Kier molecular flexibility index (Phi) is 5.64. The molecule has 0 radical (unpaired) electrons. The van der Waals surface area contributed by atoms with Crippen LogP contribution in [-0.2, 0) is 9.59 Å². The summed E-state index contributed by atoms with van der Waals surface area (Å²) in [6.45, 7) is 0. The molecule has 3 aromatic rings. The van der Waals surface area contributed by atoms with Crippen molar-refractivity contribution in [2.75, 3.05) is 19.1 Å². The highest BCUT2D eigenvalue weighted by molar-refractivity contribution is 6.51. The first-order valence-corrected chi connectivity index (χ1v) is 9.80. The first-order valence-electron chi connectivity index (χ1n) is 9.80. The maximum absolute atomic E-state index is 14.9. The minimum Gasteiger partial charge on any atom is -0.507 e. The van der Waals surface area contributed by atoms with Gasteiger partial charge in [-0.2, -0.15) is 0 Å². The molecule has 1 unspecified atom stereocenters. The van der Waals surface area contributed by atoms with Gasteiger partial charge in [0.05, 0.1) is 25.8 Å². The van der Waals surface area contributed by atoms with Gasteiger partial charge in [-0.05, 0) is 54.6 Å². The number of nitrogens with zero attached hydrogens (tertiary/aromatic N) is 1. The van der Waals surface area contributed by atoms with E-state index in [2.05, 4.69) is 0 Å². The highest BCUT2D eigenvalue weighted by Gasteiger charge is 2.47. The van der Waals surface area contributed by atoms with Crippen LogP contribution in [0.5, 0.6) is 11.5 Å². The van der Waals surface area contributed by atoms with Gasteiger partial charge in [-0.3, -0.25) is 14.5 Å². The van der Waals surface area contributed by atoms with Gasteiger partial charge in [0.2, 0.25) is 0 Å².